The van der Waals surface area contributed by atoms with Crippen LogP contribution in [0.3, 0.4) is 0 Å². The molecule has 2 heterocycles. The first-order valence-corrected chi connectivity index (χ1v) is 9.31. The van der Waals surface area contributed by atoms with Crippen molar-refractivity contribution >= 4 is 23.1 Å². The van der Waals surface area contributed by atoms with E-state index in [1.165, 1.54) is 18.3 Å². The largest absolute Gasteiger partial charge is 0.335 e. The van der Waals surface area contributed by atoms with Gasteiger partial charge in [0.05, 0.1) is 11.6 Å². The molecule has 2 aromatic carbocycles. The van der Waals surface area contributed by atoms with E-state index in [1.54, 1.807) is 55.7 Å². The van der Waals surface area contributed by atoms with Crippen LogP contribution in [-0.4, -0.2) is 15.0 Å². The number of nitrogens with one attached hydrogen (secondary N) is 2. The molecule has 0 bridgehead atoms. The molecular weight excluding hydrogens is 398 g/mol. The van der Waals surface area contributed by atoms with Crippen LogP contribution < -0.4 is 10.6 Å². The molecule has 2 N–H and O–H groups in total. The Kier molecular flexibility index (Phi) is 5.49. The van der Waals surface area contributed by atoms with E-state index in [0.29, 0.717) is 27.9 Å². The van der Waals surface area contributed by atoms with Gasteiger partial charge in [0.1, 0.15) is 23.1 Å². The van der Waals surface area contributed by atoms with Crippen molar-refractivity contribution in [2.75, 3.05) is 10.6 Å². The third kappa shape index (κ3) is 4.46. The highest BCUT2D eigenvalue weighted by Crippen LogP contribution is 2.30. The van der Waals surface area contributed by atoms with Gasteiger partial charge < -0.3 is 10.6 Å². The van der Waals surface area contributed by atoms with E-state index in [-0.39, 0.29) is 17.5 Å². The van der Waals surface area contributed by atoms with Crippen molar-refractivity contribution in [3.63, 3.8) is 0 Å². The van der Waals surface area contributed by atoms with Crippen molar-refractivity contribution in [2.45, 2.75) is 6.92 Å². The first kappa shape index (κ1) is 19.9. The molecule has 0 saturated heterocycles. The Morgan fingerprint density at radius 2 is 1.68 bits per heavy atom. The Morgan fingerprint density at radius 3 is 2.32 bits per heavy atom. The molecule has 31 heavy (non-hydrogen) atoms. The second kappa shape index (κ2) is 8.55. The maximum absolute atomic E-state index is 14.7. The van der Waals surface area contributed by atoms with E-state index in [9.17, 15) is 8.78 Å². The van der Waals surface area contributed by atoms with Gasteiger partial charge in [-0.2, -0.15) is 10.2 Å². The zero-order valence-corrected chi connectivity index (χ0v) is 16.4. The quantitative estimate of drug-likeness (QED) is 0.449. The number of aromatic nitrogens is 3. The monoisotopic (exact) mass is 414 g/mol. The van der Waals surface area contributed by atoms with Crippen molar-refractivity contribution < 1.29 is 8.78 Å². The summed E-state index contributed by atoms with van der Waals surface area (Å²) in [6.07, 6.45) is 4.67. The fraction of sp³-hybridized carbons (Fsp3) is 0.0435. The summed E-state index contributed by atoms with van der Waals surface area (Å²) in [6, 6.07) is 14.7. The number of rotatable bonds is 5. The first-order chi connectivity index (χ1) is 15.0. The third-order valence-corrected chi connectivity index (χ3v) is 4.52. The van der Waals surface area contributed by atoms with E-state index >= 15 is 0 Å². The molecule has 2 aromatic heterocycles. The van der Waals surface area contributed by atoms with Gasteiger partial charge in [0, 0.05) is 35.4 Å². The minimum Gasteiger partial charge on any atom is -0.335 e. The lowest BCUT2D eigenvalue weighted by molar-refractivity contribution is 0.591. The SMILES string of the molecule is Cc1cnc(Nc2ccc(C#N)cc2)nc1Nc1c(F)cc(-c2cccnc2)cc1F. The van der Waals surface area contributed by atoms with Crippen LogP contribution in [0.1, 0.15) is 11.1 Å². The van der Waals surface area contributed by atoms with Gasteiger partial charge in [-0.1, -0.05) is 6.07 Å². The molecule has 0 spiro atoms. The predicted molar refractivity (Wildman–Crippen MR) is 114 cm³/mol. The Morgan fingerprint density at radius 1 is 0.935 bits per heavy atom. The zero-order chi connectivity index (χ0) is 21.8. The van der Waals surface area contributed by atoms with Gasteiger partial charge in [0.25, 0.3) is 0 Å². The van der Waals surface area contributed by atoms with Crippen LogP contribution in [0.25, 0.3) is 11.1 Å². The lowest BCUT2D eigenvalue weighted by Gasteiger charge is -2.13. The van der Waals surface area contributed by atoms with Crippen molar-refractivity contribution in [3.05, 3.63) is 89.9 Å². The molecule has 8 heteroatoms. The van der Waals surface area contributed by atoms with Gasteiger partial charge in [0.2, 0.25) is 5.95 Å². The van der Waals surface area contributed by atoms with Crippen LogP contribution in [0, 0.1) is 29.9 Å². The Labute approximate surface area is 177 Å². The molecular formula is C23H16F2N6. The molecule has 0 aliphatic heterocycles. The van der Waals surface area contributed by atoms with E-state index < -0.39 is 11.6 Å². The minimum absolute atomic E-state index is 0.241. The fourth-order valence-electron chi connectivity index (χ4n) is 2.90. The minimum atomic E-state index is -0.751. The van der Waals surface area contributed by atoms with Gasteiger partial charge in [-0.25, -0.2) is 13.8 Å². The summed E-state index contributed by atoms with van der Waals surface area (Å²) < 4.78 is 29.4. The Balaban J connectivity index is 1.60. The molecule has 0 fully saturated rings. The highest BCUT2D eigenvalue weighted by atomic mass is 19.1. The van der Waals surface area contributed by atoms with E-state index in [2.05, 4.69) is 25.6 Å². The van der Waals surface area contributed by atoms with Crippen LogP contribution in [0.5, 0.6) is 0 Å². The van der Waals surface area contributed by atoms with E-state index in [0.717, 1.165) is 0 Å². The van der Waals surface area contributed by atoms with Crippen molar-refractivity contribution in [1.82, 2.24) is 15.0 Å². The molecule has 0 aliphatic carbocycles. The molecule has 4 rings (SSSR count). The van der Waals surface area contributed by atoms with Crippen LogP contribution in [0.15, 0.2) is 67.1 Å². The van der Waals surface area contributed by atoms with Crippen LogP contribution in [0.2, 0.25) is 0 Å². The van der Waals surface area contributed by atoms with Gasteiger partial charge in [-0.05, 0) is 55.0 Å². The van der Waals surface area contributed by atoms with E-state index in [4.69, 9.17) is 5.26 Å². The highest BCUT2D eigenvalue weighted by molar-refractivity contribution is 5.69. The number of pyridine rings is 1. The maximum atomic E-state index is 14.7. The number of anilines is 4. The first-order valence-electron chi connectivity index (χ1n) is 9.31. The number of nitrogens with zero attached hydrogens (tertiary/aromatic N) is 4. The average Bonchev–Trinajstić information content (AvgIpc) is 2.79. The summed E-state index contributed by atoms with van der Waals surface area (Å²) >= 11 is 0. The van der Waals surface area contributed by atoms with E-state index in [1.807, 2.05) is 6.07 Å². The lowest BCUT2D eigenvalue weighted by atomic mass is 10.1. The fourth-order valence-corrected chi connectivity index (χ4v) is 2.90. The molecule has 0 radical (unpaired) electrons. The second-order valence-electron chi connectivity index (χ2n) is 6.72. The number of hydrogen-bond donors (Lipinski definition) is 2. The molecule has 0 aliphatic rings. The summed E-state index contributed by atoms with van der Waals surface area (Å²) in [7, 11) is 0. The summed E-state index contributed by atoms with van der Waals surface area (Å²) in [5, 5.41) is 14.6. The smallest absolute Gasteiger partial charge is 0.229 e. The van der Waals surface area contributed by atoms with Crippen LogP contribution >= 0.6 is 0 Å². The van der Waals surface area contributed by atoms with Crippen molar-refractivity contribution in [2.24, 2.45) is 0 Å². The second-order valence-corrected chi connectivity index (χ2v) is 6.72. The summed E-state index contributed by atoms with van der Waals surface area (Å²) in [6.45, 7) is 1.73. The molecule has 152 valence electrons. The summed E-state index contributed by atoms with van der Waals surface area (Å²) in [4.78, 5) is 12.5. The standard InChI is InChI=1S/C23H16F2N6/c1-14-12-28-23(29-18-6-4-15(11-26)5-7-18)31-22(14)30-21-19(24)9-17(10-20(21)25)16-3-2-8-27-13-16/h2-10,12-13H,1H3,(H2,28,29,30,31). The summed E-state index contributed by atoms with van der Waals surface area (Å²) in [5.74, 6) is -0.999. The van der Waals surface area contributed by atoms with Crippen LogP contribution in [-0.2, 0) is 0 Å². The highest BCUT2D eigenvalue weighted by Gasteiger charge is 2.15. The van der Waals surface area contributed by atoms with Gasteiger partial charge in [0.15, 0.2) is 0 Å². The number of benzene rings is 2. The maximum Gasteiger partial charge on any atom is 0.229 e. The molecule has 0 atom stereocenters. The number of hydrogen-bond acceptors (Lipinski definition) is 6. The van der Waals surface area contributed by atoms with Gasteiger partial charge in [-0.3, -0.25) is 4.98 Å². The number of nitriles is 1. The molecule has 0 unspecified atom stereocenters. The predicted octanol–water partition coefficient (Wildman–Crippen LogP) is 5.48. The zero-order valence-electron chi connectivity index (χ0n) is 16.4. The molecule has 6 nitrogen and oxygen atoms in total. The average molecular weight is 414 g/mol. The van der Waals surface area contributed by atoms with Gasteiger partial charge >= 0.3 is 0 Å². The number of halogens is 2. The summed E-state index contributed by atoms with van der Waals surface area (Å²) in [5.41, 5.74) is 2.50. The topological polar surface area (TPSA) is 86.5 Å². The van der Waals surface area contributed by atoms with Crippen molar-refractivity contribution in [3.8, 4) is 17.2 Å². The van der Waals surface area contributed by atoms with Crippen molar-refractivity contribution in [1.29, 1.82) is 5.26 Å². The molecule has 4 aromatic rings. The molecule has 0 amide bonds. The molecule has 0 saturated carbocycles. The Bertz CT molecular complexity index is 1240. The normalized spacial score (nSPS) is 10.4. The lowest BCUT2D eigenvalue weighted by Crippen LogP contribution is -2.05. The van der Waals surface area contributed by atoms with Gasteiger partial charge in [-0.15, -0.1) is 0 Å². The third-order valence-electron chi connectivity index (χ3n) is 4.52. The number of aryl methyl sites for hydroxylation is 1. The van der Waals surface area contributed by atoms with Crippen LogP contribution in [0.4, 0.5) is 31.9 Å². The Hall–Kier alpha value is -4.38.